The van der Waals surface area contributed by atoms with Crippen LogP contribution >= 0.6 is 0 Å². The number of hydrogen-bond acceptors (Lipinski definition) is 4. The number of nitrogens with zero attached hydrogens (tertiary/aromatic N) is 1. The van der Waals surface area contributed by atoms with E-state index in [0.717, 1.165) is 16.7 Å². The van der Waals surface area contributed by atoms with Crippen molar-refractivity contribution in [1.82, 2.24) is 4.90 Å². The molecule has 1 atom stereocenters. The number of methoxy groups -OCH3 is 1. The predicted octanol–water partition coefficient (Wildman–Crippen LogP) is 4.75. The predicted molar refractivity (Wildman–Crippen MR) is 116 cm³/mol. The summed E-state index contributed by atoms with van der Waals surface area (Å²) < 4.78 is 10.9. The van der Waals surface area contributed by atoms with Crippen LogP contribution in [0, 0.1) is 6.92 Å². The van der Waals surface area contributed by atoms with Crippen molar-refractivity contribution >= 4 is 11.9 Å². The van der Waals surface area contributed by atoms with Gasteiger partial charge in [-0.1, -0.05) is 42.0 Å². The maximum Gasteiger partial charge on any atom is 0.336 e. The van der Waals surface area contributed by atoms with Gasteiger partial charge >= 0.3 is 5.97 Å². The monoisotopic (exact) mass is 407 g/mol. The second-order valence-corrected chi connectivity index (χ2v) is 7.96. The van der Waals surface area contributed by atoms with Crippen LogP contribution in [-0.2, 0) is 20.9 Å². The Bertz CT molecular complexity index is 977. The van der Waals surface area contributed by atoms with Gasteiger partial charge in [0, 0.05) is 18.0 Å². The highest BCUT2D eigenvalue weighted by molar-refractivity contribution is 5.96. The van der Waals surface area contributed by atoms with E-state index in [4.69, 9.17) is 9.47 Å². The number of hydrogen-bond donors (Lipinski definition) is 0. The van der Waals surface area contributed by atoms with Gasteiger partial charge in [0.25, 0.3) is 0 Å². The lowest BCUT2D eigenvalue weighted by Crippen LogP contribution is -2.38. The van der Waals surface area contributed by atoms with Crippen molar-refractivity contribution < 1.29 is 19.1 Å². The van der Waals surface area contributed by atoms with E-state index in [1.165, 1.54) is 0 Å². The zero-order valence-corrected chi connectivity index (χ0v) is 18.3. The fourth-order valence-electron chi connectivity index (χ4n) is 3.88. The lowest BCUT2D eigenvalue weighted by Gasteiger charge is -2.35. The zero-order valence-electron chi connectivity index (χ0n) is 18.3. The third-order valence-corrected chi connectivity index (χ3v) is 5.30. The lowest BCUT2D eigenvalue weighted by molar-refractivity contribution is -0.143. The fraction of sp³-hybridized carbons (Fsp3) is 0.360. The van der Waals surface area contributed by atoms with Crippen molar-refractivity contribution in [2.24, 2.45) is 0 Å². The Morgan fingerprint density at radius 2 is 1.87 bits per heavy atom. The third kappa shape index (κ3) is 4.73. The van der Waals surface area contributed by atoms with E-state index in [2.05, 4.69) is 6.07 Å². The zero-order chi connectivity index (χ0) is 21.8. The van der Waals surface area contributed by atoms with E-state index in [0.29, 0.717) is 23.6 Å². The number of allylic oxidation sites excluding steroid dienone is 1. The number of ether oxygens (including phenoxy) is 2. The Morgan fingerprint density at radius 3 is 2.53 bits per heavy atom. The summed E-state index contributed by atoms with van der Waals surface area (Å²) in [6, 6.07) is 15.6. The molecule has 1 heterocycles. The molecular weight excluding hydrogens is 378 g/mol. The van der Waals surface area contributed by atoms with E-state index in [9.17, 15) is 9.59 Å². The van der Waals surface area contributed by atoms with E-state index < -0.39 is 0 Å². The number of aryl methyl sites for hydroxylation is 1. The second-order valence-electron chi connectivity index (χ2n) is 7.96. The highest BCUT2D eigenvalue weighted by Crippen LogP contribution is 2.38. The van der Waals surface area contributed by atoms with E-state index in [1.807, 2.05) is 70.2 Å². The molecule has 0 aromatic heterocycles. The van der Waals surface area contributed by atoms with Crippen LogP contribution in [0.4, 0.5) is 0 Å². The summed E-state index contributed by atoms with van der Waals surface area (Å²) >= 11 is 0. The molecule has 0 radical (unpaired) electrons. The summed E-state index contributed by atoms with van der Waals surface area (Å²) in [7, 11) is 1.60. The molecule has 2 aromatic rings. The Hall–Kier alpha value is -3.08. The number of benzene rings is 2. The lowest BCUT2D eigenvalue weighted by atomic mass is 9.83. The van der Waals surface area contributed by atoms with Gasteiger partial charge in [-0.15, -0.1) is 0 Å². The molecule has 0 unspecified atom stereocenters. The van der Waals surface area contributed by atoms with Crippen LogP contribution in [0.5, 0.6) is 5.75 Å². The SMILES string of the molecule is COc1cccc([C@@H]2CC(=O)N(Cc3cccc(C)c3)C(C)=C2C(=O)OC(C)C)c1. The first-order valence-corrected chi connectivity index (χ1v) is 10.2. The fourth-order valence-corrected chi connectivity index (χ4v) is 3.88. The van der Waals surface area contributed by atoms with E-state index in [1.54, 1.807) is 12.0 Å². The van der Waals surface area contributed by atoms with Crippen molar-refractivity contribution in [2.75, 3.05) is 7.11 Å². The largest absolute Gasteiger partial charge is 0.497 e. The van der Waals surface area contributed by atoms with Crippen LogP contribution in [0.25, 0.3) is 0 Å². The van der Waals surface area contributed by atoms with Crippen molar-refractivity contribution in [1.29, 1.82) is 0 Å². The van der Waals surface area contributed by atoms with Gasteiger partial charge < -0.3 is 14.4 Å². The molecule has 0 saturated carbocycles. The average molecular weight is 408 g/mol. The maximum atomic E-state index is 13.1. The molecule has 0 saturated heterocycles. The second kappa shape index (κ2) is 9.16. The highest BCUT2D eigenvalue weighted by atomic mass is 16.5. The quantitative estimate of drug-likeness (QED) is 0.649. The van der Waals surface area contributed by atoms with Gasteiger partial charge in [0.05, 0.1) is 25.3 Å². The van der Waals surface area contributed by atoms with Gasteiger partial charge in [-0.3, -0.25) is 4.79 Å². The van der Waals surface area contributed by atoms with E-state index >= 15 is 0 Å². The number of carbonyl (C=O) groups excluding carboxylic acids is 2. The molecule has 1 amide bonds. The summed E-state index contributed by atoms with van der Waals surface area (Å²) in [6.07, 6.45) is -0.0367. The van der Waals surface area contributed by atoms with Crippen molar-refractivity contribution in [2.45, 2.75) is 52.7 Å². The van der Waals surface area contributed by atoms with Crippen LogP contribution in [0.15, 0.2) is 59.8 Å². The molecule has 0 N–H and O–H groups in total. The molecule has 3 rings (SSSR count). The highest BCUT2D eigenvalue weighted by Gasteiger charge is 2.37. The first-order valence-electron chi connectivity index (χ1n) is 10.2. The third-order valence-electron chi connectivity index (χ3n) is 5.30. The molecule has 0 spiro atoms. The number of carbonyl (C=O) groups is 2. The standard InChI is InChI=1S/C25H29NO4/c1-16(2)30-25(28)24-18(4)26(15-19-9-6-8-17(3)12-19)23(27)14-22(24)20-10-7-11-21(13-20)29-5/h6-13,16,22H,14-15H2,1-5H3/t22-/m0/s1. The smallest absolute Gasteiger partial charge is 0.336 e. The molecule has 0 aliphatic carbocycles. The molecule has 0 fully saturated rings. The summed E-state index contributed by atoms with van der Waals surface area (Å²) in [5.74, 6) is -0.0658. The Kier molecular flexibility index (Phi) is 6.60. The molecular formula is C25H29NO4. The van der Waals surface area contributed by atoms with Crippen molar-refractivity contribution in [3.63, 3.8) is 0 Å². The maximum absolute atomic E-state index is 13.1. The Morgan fingerprint density at radius 1 is 1.13 bits per heavy atom. The van der Waals surface area contributed by atoms with Crippen molar-refractivity contribution in [3.8, 4) is 5.75 Å². The van der Waals surface area contributed by atoms with Crippen LogP contribution in [0.3, 0.4) is 0 Å². The van der Waals surface area contributed by atoms with Gasteiger partial charge in [-0.05, 0) is 51.0 Å². The van der Waals surface area contributed by atoms with Gasteiger partial charge in [0.2, 0.25) is 5.91 Å². The molecule has 1 aliphatic heterocycles. The molecule has 158 valence electrons. The summed E-state index contributed by atoms with van der Waals surface area (Å²) in [6.45, 7) is 7.93. The normalized spacial score (nSPS) is 16.8. The molecule has 5 heteroatoms. The Balaban J connectivity index is 2.05. The first kappa shape index (κ1) is 21.6. The number of amides is 1. The van der Waals surface area contributed by atoms with Gasteiger partial charge in [-0.25, -0.2) is 4.79 Å². The summed E-state index contributed by atoms with van der Waals surface area (Å²) in [5.41, 5.74) is 4.20. The van der Waals surface area contributed by atoms with Gasteiger partial charge in [0.1, 0.15) is 5.75 Å². The first-order chi connectivity index (χ1) is 14.3. The van der Waals surface area contributed by atoms with Crippen molar-refractivity contribution in [3.05, 3.63) is 76.5 Å². The number of esters is 1. The van der Waals surface area contributed by atoms with Crippen LogP contribution in [0.1, 0.15) is 49.8 Å². The molecule has 0 bridgehead atoms. The summed E-state index contributed by atoms with van der Waals surface area (Å²) in [4.78, 5) is 27.9. The van der Waals surface area contributed by atoms with Gasteiger partial charge in [0.15, 0.2) is 0 Å². The minimum Gasteiger partial charge on any atom is -0.497 e. The Labute approximate surface area is 178 Å². The minimum absolute atomic E-state index is 0.0112. The number of rotatable bonds is 6. The average Bonchev–Trinajstić information content (AvgIpc) is 2.70. The molecule has 2 aromatic carbocycles. The topological polar surface area (TPSA) is 55.8 Å². The molecule has 5 nitrogen and oxygen atoms in total. The van der Waals surface area contributed by atoms with Crippen LogP contribution in [0.2, 0.25) is 0 Å². The van der Waals surface area contributed by atoms with Crippen LogP contribution in [-0.4, -0.2) is 30.0 Å². The van der Waals surface area contributed by atoms with Gasteiger partial charge in [-0.2, -0.15) is 0 Å². The minimum atomic E-state index is -0.378. The molecule has 1 aliphatic rings. The summed E-state index contributed by atoms with van der Waals surface area (Å²) in [5, 5.41) is 0. The van der Waals surface area contributed by atoms with Crippen LogP contribution < -0.4 is 4.74 Å². The van der Waals surface area contributed by atoms with E-state index in [-0.39, 0.29) is 30.3 Å². The molecule has 30 heavy (non-hydrogen) atoms.